The molecule has 0 radical (unpaired) electrons. The van der Waals surface area contributed by atoms with Crippen LogP contribution >= 0.6 is 0 Å². The predicted molar refractivity (Wildman–Crippen MR) is 116 cm³/mol. The van der Waals surface area contributed by atoms with Gasteiger partial charge in [0, 0.05) is 18.7 Å². The molecule has 0 spiro atoms. The zero-order valence-electron chi connectivity index (χ0n) is 19.2. The van der Waals surface area contributed by atoms with E-state index in [1.165, 1.54) is 32.1 Å². The fourth-order valence-electron chi connectivity index (χ4n) is 4.72. The van der Waals surface area contributed by atoms with E-state index >= 15 is 0 Å². The molecule has 1 aliphatic carbocycles. The lowest BCUT2D eigenvalue weighted by molar-refractivity contribution is -0.0812. The van der Waals surface area contributed by atoms with E-state index in [2.05, 4.69) is 4.98 Å². The van der Waals surface area contributed by atoms with Gasteiger partial charge < -0.3 is 14.2 Å². The van der Waals surface area contributed by atoms with Crippen LogP contribution in [0.1, 0.15) is 79.6 Å². The standard InChI is InChI=1S/C24H38N2O4/c1-23(2,3)30-22(27)26-19(17-18-11-7-6-8-12-18)20(29-24(26,4)5)14-16-28-21-13-9-10-15-25-21/h9-10,13,15,18-20H,6-8,11-12,14,16-17H2,1-5H3. The summed E-state index contributed by atoms with van der Waals surface area (Å²) in [6, 6.07) is 5.62. The smallest absolute Gasteiger partial charge is 0.412 e. The zero-order valence-corrected chi connectivity index (χ0v) is 19.2. The van der Waals surface area contributed by atoms with Crippen molar-refractivity contribution in [2.24, 2.45) is 5.92 Å². The van der Waals surface area contributed by atoms with Gasteiger partial charge in [-0.1, -0.05) is 38.2 Å². The minimum Gasteiger partial charge on any atom is -0.478 e. The zero-order chi connectivity index (χ0) is 21.8. The van der Waals surface area contributed by atoms with Crippen molar-refractivity contribution in [2.75, 3.05) is 6.61 Å². The first-order chi connectivity index (χ1) is 14.2. The van der Waals surface area contributed by atoms with Crippen LogP contribution in [0.4, 0.5) is 4.79 Å². The van der Waals surface area contributed by atoms with Crippen LogP contribution in [-0.4, -0.2) is 46.1 Å². The van der Waals surface area contributed by atoms with Gasteiger partial charge in [-0.3, -0.25) is 4.90 Å². The number of hydrogen-bond donors (Lipinski definition) is 0. The molecule has 168 valence electrons. The van der Waals surface area contributed by atoms with Crippen LogP contribution in [0.15, 0.2) is 24.4 Å². The summed E-state index contributed by atoms with van der Waals surface area (Å²) in [5.41, 5.74) is -1.25. The van der Waals surface area contributed by atoms with Crippen molar-refractivity contribution >= 4 is 6.09 Å². The number of aromatic nitrogens is 1. The highest BCUT2D eigenvalue weighted by Crippen LogP contribution is 2.40. The number of carbonyl (C=O) groups excluding carboxylic acids is 1. The van der Waals surface area contributed by atoms with Crippen LogP contribution in [0.25, 0.3) is 0 Å². The minimum absolute atomic E-state index is 0.00900. The molecule has 0 aromatic carbocycles. The molecule has 1 aromatic heterocycles. The SMILES string of the molecule is CC(C)(C)OC(=O)N1C(CC2CCCCC2)C(CCOc2ccccn2)OC1(C)C. The molecule has 1 amide bonds. The molecule has 1 saturated carbocycles. The lowest BCUT2D eigenvalue weighted by Gasteiger charge is -2.36. The highest BCUT2D eigenvalue weighted by atomic mass is 16.6. The van der Waals surface area contributed by atoms with Crippen molar-refractivity contribution in [3.8, 4) is 5.88 Å². The summed E-state index contributed by atoms with van der Waals surface area (Å²) in [5.74, 6) is 1.24. The molecular weight excluding hydrogens is 380 g/mol. The average Bonchev–Trinajstić information content (AvgIpc) is 2.91. The Bertz CT molecular complexity index is 680. The Hall–Kier alpha value is -1.82. The average molecular weight is 419 g/mol. The number of amides is 1. The largest absolute Gasteiger partial charge is 0.478 e. The molecule has 3 rings (SSSR count). The molecule has 2 aliphatic rings. The molecule has 2 unspecified atom stereocenters. The van der Waals surface area contributed by atoms with Gasteiger partial charge in [-0.15, -0.1) is 0 Å². The van der Waals surface area contributed by atoms with Crippen molar-refractivity contribution < 1.29 is 19.0 Å². The van der Waals surface area contributed by atoms with Crippen LogP contribution in [0, 0.1) is 5.92 Å². The molecule has 6 heteroatoms. The summed E-state index contributed by atoms with van der Waals surface area (Å²) in [4.78, 5) is 19.2. The molecule has 6 nitrogen and oxygen atoms in total. The first-order valence-corrected chi connectivity index (χ1v) is 11.4. The second-order valence-corrected chi connectivity index (χ2v) is 10.1. The van der Waals surface area contributed by atoms with Gasteiger partial charge in [-0.05, 0) is 53.0 Å². The lowest BCUT2D eigenvalue weighted by atomic mass is 9.83. The maximum absolute atomic E-state index is 13.2. The van der Waals surface area contributed by atoms with Gasteiger partial charge in [0.2, 0.25) is 5.88 Å². The molecule has 0 N–H and O–H groups in total. The second kappa shape index (κ2) is 9.54. The molecular formula is C24H38N2O4. The summed E-state index contributed by atoms with van der Waals surface area (Å²) < 4.78 is 18.0. The van der Waals surface area contributed by atoms with E-state index in [9.17, 15) is 4.79 Å². The van der Waals surface area contributed by atoms with Crippen molar-refractivity contribution in [3.05, 3.63) is 24.4 Å². The normalized spacial score (nSPS) is 24.6. The van der Waals surface area contributed by atoms with Crippen LogP contribution in [0.5, 0.6) is 5.88 Å². The van der Waals surface area contributed by atoms with Crippen molar-refractivity contribution in [1.82, 2.24) is 9.88 Å². The Labute approximate surface area is 181 Å². The Morgan fingerprint density at radius 1 is 1.23 bits per heavy atom. The first kappa shape index (κ1) is 22.9. The molecule has 1 saturated heterocycles. The molecule has 1 aromatic rings. The maximum Gasteiger partial charge on any atom is 0.412 e. The Kier molecular flexibility index (Phi) is 7.27. The Morgan fingerprint density at radius 2 is 1.97 bits per heavy atom. The highest BCUT2D eigenvalue weighted by molar-refractivity contribution is 5.70. The number of carbonyl (C=O) groups is 1. The summed E-state index contributed by atoms with van der Waals surface area (Å²) >= 11 is 0. The molecule has 2 atom stereocenters. The van der Waals surface area contributed by atoms with Crippen LogP contribution in [0.2, 0.25) is 0 Å². The Morgan fingerprint density at radius 3 is 2.60 bits per heavy atom. The van der Waals surface area contributed by atoms with Gasteiger partial charge in [-0.2, -0.15) is 0 Å². The summed E-state index contributed by atoms with van der Waals surface area (Å²) in [6.07, 6.45) is 9.35. The first-order valence-electron chi connectivity index (χ1n) is 11.4. The fraction of sp³-hybridized carbons (Fsp3) is 0.750. The monoisotopic (exact) mass is 418 g/mol. The van der Waals surface area contributed by atoms with E-state index < -0.39 is 11.3 Å². The van der Waals surface area contributed by atoms with Gasteiger partial charge in [0.25, 0.3) is 0 Å². The van der Waals surface area contributed by atoms with Crippen molar-refractivity contribution in [3.63, 3.8) is 0 Å². The molecule has 30 heavy (non-hydrogen) atoms. The van der Waals surface area contributed by atoms with Crippen LogP contribution in [0.3, 0.4) is 0 Å². The third-order valence-corrected chi connectivity index (χ3v) is 5.96. The second-order valence-electron chi connectivity index (χ2n) is 10.1. The predicted octanol–water partition coefficient (Wildman–Crippen LogP) is 5.56. The van der Waals surface area contributed by atoms with Gasteiger partial charge in [0.1, 0.15) is 11.3 Å². The number of ether oxygens (including phenoxy) is 3. The van der Waals surface area contributed by atoms with E-state index in [-0.39, 0.29) is 18.2 Å². The summed E-state index contributed by atoms with van der Waals surface area (Å²) in [7, 11) is 0. The highest BCUT2D eigenvalue weighted by Gasteiger charge is 2.51. The molecule has 2 heterocycles. The maximum atomic E-state index is 13.2. The van der Waals surface area contributed by atoms with Crippen LogP contribution in [-0.2, 0) is 9.47 Å². The number of nitrogens with zero attached hydrogens (tertiary/aromatic N) is 2. The van der Waals surface area contributed by atoms with Gasteiger partial charge in [-0.25, -0.2) is 9.78 Å². The topological polar surface area (TPSA) is 60.9 Å². The van der Waals surface area contributed by atoms with Crippen LogP contribution < -0.4 is 4.74 Å². The lowest BCUT2D eigenvalue weighted by Crippen LogP contribution is -2.50. The van der Waals surface area contributed by atoms with E-state index in [0.29, 0.717) is 24.8 Å². The van der Waals surface area contributed by atoms with Crippen molar-refractivity contribution in [1.29, 1.82) is 0 Å². The van der Waals surface area contributed by atoms with E-state index in [0.717, 1.165) is 6.42 Å². The molecule has 1 aliphatic heterocycles. The van der Waals surface area contributed by atoms with E-state index in [1.807, 2.05) is 57.7 Å². The minimum atomic E-state index is -0.711. The van der Waals surface area contributed by atoms with Gasteiger partial charge >= 0.3 is 6.09 Å². The van der Waals surface area contributed by atoms with E-state index in [1.54, 1.807) is 6.20 Å². The number of hydrogen-bond acceptors (Lipinski definition) is 5. The number of rotatable bonds is 6. The Balaban J connectivity index is 1.72. The quantitative estimate of drug-likeness (QED) is 0.605. The fourth-order valence-corrected chi connectivity index (χ4v) is 4.72. The van der Waals surface area contributed by atoms with Gasteiger partial charge in [0.15, 0.2) is 0 Å². The molecule has 2 fully saturated rings. The third-order valence-electron chi connectivity index (χ3n) is 5.96. The summed E-state index contributed by atoms with van der Waals surface area (Å²) in [6.45, 7) is 10.1. The van der Waals surface area contributed by atoms with Gasteiger partial charge in [0.05, 0.1) is 18.8 Å². The van der Waals surface area contributed by atoms with E-state index in [4.69, 9.17) is 14.2 Å². The van der Waals surface area contributed by atoms with Crippen molar-refractivity contribution in [2.45, 2.75) is 103 Å². The third kappa shape index (κ3) is 6.10. The number of pyridine rings is 1. The summed E-state index contributed by atoms with van der Waals surface area (Å²) in [5, 5.41) is 0. The molecule has 0 bridgehead atoms.